The normalized spacial score (nSPS) is 18.1. The molecule has 0 spiro atoms. The summed E-state index contributed by atoms with van der Waals surface area (Å²) in [6.07, 6.45) is 3.63. The summed E-state index contributed by atoms with van der Waals surface area (Å²) < 4.78 is 21.4. The zero-order valence-corrected chi connectivity index (χ0v) is 19.4. The van der Waals surface area contributed by atoms with Gasteiger partial charge in [0.15, 0.2) is 0 Å². The van der Waals surface area contributed by atoms with Gasteiger partial charge in [-0.15, -0.1) is 0 Å². The summed E-state index contributed by atoms with van der Waals surface area (Å²) >= 11 is 6.12. The largest absolute Gasteiger partial charge is 0.480 e. The molecule has 8 heteroatoms. The van der Waals surface area contributed by atoms with Gasteiger partial charge in [0.2, 0.25) is 0 Å². The molecular weight excluding hydrogens is 459 g/mol. The second-order valence-corrected chi connectivity index (χ2v) is 9.15. The Labute approximate surface area is 202 Å². The molecule has 0 atom stereocenters. The summed E-state index contributed by atoms with van der Waals surface area (Å²) in [6, 6.07) is 15.1. The molecule has 0 bridgehead atoms. The van der Waals surface area contributed by atoms with E-state index in [-0.39, 0.29) is 23.6 Å². The number of carboxylic acids is 1. The van der Waals surface area contributed by atoms with E-state index in [0.29, 0.717) is 35.3 Å². The van der Waals surface area contributed by atoms with E-state index in [2.05, 4.69) is 5.10 Å². The standard InChI is InChI=1S/C26H26ClFN2O4/c27-20-10-11-23(28)21(12-20)22-13-24(31)30(29-26(22)19-4-2-1-3-5-19)14-17-6-8-18(9-7-17)15-34-16-25(32)33/h1-5,10-13,17-18H,6-9,14-16H2,(H,32,33)/t17-,18-. The van der Waals surface area contributed by atoms with E-state index < -0.39 is 11.8 Å². The Kier molecular flexibility index (Phi) is 7.75. The highest BCUT2D eigenvalue weighted by atomic mass is 35.5. The lowest BCUT2D eigenvalue weighted by Gasteiger charge is -2.28. The molecule has 0 aliphatic heterocycles. The monoisotopic (exact) mass is 484 g/mol. The quantitative estimate of drug-likeness (QED) is 0.470. The number of hydrogen-bond donors (Lipinski definition) is 1. The highest BCUT2D eigenvalue weighted by molar-refractivity contribution is 6.30. The second-order valence-electron chi connectivity index (χ2n) is 8.71. The number of aromatic nitrogens is 2. The first-order chi connectivity index (χ1) is 16.4. The molecule has 1 aliphatic rings. The fourth-order valence-corrected chi connectivity index (χ4v) is 4.65. The minimum atomic E-state index is -0.963. The van der Waals surface area contributed by atoms with Crippen LogP contribution in [0, 0.1) is 17.7 Å². The van der Waals surface area contributed by atoms with Crippen molar-refractivity contribution in [3.8, 4) is 22.4 Å². The second kappa shape index (κ2) is 10.9. The molecule has 4 rings (SSSR count). The van der Waals surface area contributed by atoms with Crippen LogP contribution in [0.4, 0.5) is 4.39 Å². The van der Waals surface area contributed by atoms with Crippen molar-refractivity contribution in [2.45, 2.75) is 32.2 Å². The first-order valence-electron chi connectivity index (χ1n) is 11.3. The third-order valence-corrected chi connectivity index (χ3v) is 6.48. The molecule has 34 heavy (non-hydrogen) atoms. The Balaban J connectivity index is 1.57. The first-order valence-corrected chi connectivity index (χ1v) is 11.7. The summed E-state index contributed by atoms with van der Waals surface area (Å²) in [6.45, 7) is 0.635. The van der Waals surface area contributed by atoms with Crippen molar-refractivity contribution in [2.24, 2.45) is 11.8 Å². The predicted octanol–water partition coefficient (Wildman–Crippen LogP) is 5.28. The number of halogens is 2. The van der Waals surface area contributed by atoms with Crippen LogP contribution in [0.1, 0.15) is 25.7 Å². The highest BCUT2D eigenvalue weighted by Gasteiger charge is 2.24. The molecule has 1 aromatic heterocycles. The van der Waals surface area contributed by atoms with Gasteiger partial charge in [-0.2, -0.15) is 5.10 Å². The van der Waals surface area contributed by atoms with Crippen LogP contribution in [-0.4, -0.2) is 34.1 Å². The molecule has 1 N–H and O–H groups in total. The van der Waals surface area contributed by atoms with Crippen LogP contribution in [0.25, 0.3) is 22.4 Å². The average Bonchev–Trinajstić information content (AvgIpc) is 2.83. The zero-order chi connectivity index (χ0) is 24.1. The Morgan fingerprint density at radius 1 is 1.06 bits per heavy atom. The topological polar surface area (TPSA) is 81.4 Å². The summed E-state index contributed by atoms with van der Waals surface area (Å²) in [5.74, 6) is -0.829. The Hall–Kier alpha value is -3.03. The van der Waals surface area contributed by atoms with Gasteiger partial charge in [-0.3, -0.25) is 4.79 Å². The smallest absolute Gasteiger partial charge is 0.329 e. The molecule has 0 radical (unpaired) electrons. The van der Waals surface area contributed by atoms with Gasteiger partial charge in [0.05, 0.1) is 12.3 Å². The third kappa shape index (κ3) is 5.90. The van der Waals surface area contributed by atoms with Crippen molar-refractivity contribution >= 4 is 17.6 Å². The van der Waals surface area contributed by atoms with Gasteiger partial charge in [-0.1, -0.05) is 41.9 Å². The van der Waals surface area contributed by atoms with E-state index in [0.717, 1.165) is 31.2 Å². The Bertz CT molecular complexity index is 1210. The predicted molar refractivity (Wildman–Crippen MR) is 128 cm³/mol. The molecule has 6 nitrogen and oxygen atoms in total. The first kappa shape index (κ1) is 24.1. The molecule has 1 aliphatic carbocycles. The lowest BCUT2D eigenvalue weighted by molar-refractivity contribution is -0.142. The van der Waals surface area contributed by atoms with Crippen molar-refractivity contribution in [3.05, 3.63) is 75.8 Å². The third-order valence-electron chi connectivity index (χ3n) is 6.24. The summed E-state index contributed by atoms with van der Waals surface area (Å²) in [4.78, 5) is 23.6. The number of benzene rings is 2. The van der Waals surface area contributed by atoms with E-state index >= 15 is 0 Å². The zero-order valence-electron chi connectivity index (χ0n) is 18.6. The van der Waals surface area contributed by atoms with E-state index in [1.165, 1.54) is 28.9 Å². The van der Waals surface area contributed by atoms with Crippen LogP contribution in [0.5, 0.6) is 0 Å². The van der Waals surface area contributed by atoms with Gasteiger partial charge in [-0.05, 0) is 55.7 Å². The van der Waals surface area contributed by atoms with E-state index in [1.807, 2.05) is 30.3 Å². The van der Waals surface area contributed by atoms with E-state index in [4.69, 9.17) is 21.4 Å². The van der Waals surface area contributed by atoms with Crippen molar-refractivity contribution < 1.29 is 19.0 Å². The molecule has 2 aromatic carbocycles. The van der Waals surface area contributed by atoms with Crippen LogP contribution >= 0.6 is 11.6 Å². The number of rotatable bonds is 8. The fourth-order valence-electron chi connectivity index (χ4n) is 4.48. The summed E-state index contributed by atoms with van der Waals surface area (Å²) in [7, 11) is 0. The van der Waals surface area contributed by atoms with Gasteiger partial charge in [0.25, 0.3) is 5.56 Å². The summed E-state index contributed by atoms with van der Waals surface area (Å²) in [5.41, 5.74) is 1.67. The molecule has 0 unspecified atom stereocenters. The maximum absolute atomic E-state index is 14.7. The van der Waals surface area contributed by atoms with Crippen molar-refractivity contribution in [1.82, 2.24) is 9.78 Å². The number of carbonyl (C=O) groups is 1. The molecule has 3 aromatic rings. The molecule has 0 saturated heterocycles. The molecule has 178 valence electrons. The van der Waals surface area contributed by atoms with Crippen molar-refractivity contribution in [2.75, 3.05) is 13.2 Å². The van der Waals surface area contributed by atoms with Gasteiger partial charge in [0, 0.05) is 34.3 Å². The van der Waals surface area contributed by atoms with Crippen molar-refractivity contribution in [3.63, 3.8) is 0 Å². The van der Waals surface area contributed by atoms with E-state index in [1.54, 1.807) is 0 Å². The summed E-state index contributed by atoms with van der Waals surface area (Å²) in [5, 5.41) is 13.8. The van der Waals surface area contributed by atoms with E-state index in [9.17, 15) is 14.0 Å². The molecule has 1 fully saturated rings. The van der Waals surface area contributed by atoms with Crippen LogP contribution in [0.3, 0.4) is 0 Å². The molecule has 0 amide bonds. The fraction of sp³-hybridized carbons (Fsp3) is 0.346. The number of hydrogen-bond acceptors (Lipinski definition) is 4. The van der Waals surface area contributed by atoms with Gasteiger partial charge < -0.3 is 9.84 Å². The number of nitrogens with zero attached hydrogens (tertiary/aromatic N) is 2. The van der Waals surface area contributed by atoms with Crippen LogP contribution in [-0.2, 0) is 16.1 Å². The lowest BCUT2D eigenvalue weighted by Crippen LogP contribution is -2.29. The number of ether oxygens (including phenoxy) is 1. The van der Waals surface area contributed by atoms with Gasteiger partial charge in [0.1, 0.15) is 12.4 Å². The van der Waals surface area contributed by atoms with Gasteiger partial charge in [-0.25, -0.2) is 13.9 Å². The molecule has 1 saturated carbocycles. The van der Waals surface area contributed by atoms with Crippen LogP contribution in [0.2, 0.25) is 5.02 Å². The molecule has 1 heterocycles. The minimum Gasteiger partial charge on any atom is -0.480 e. The Morgan fingerprint density at radius 2 is 1.76 bits per heavy atom. The molecular formula is C26H26ClFN2O4. The maximum atomic E-state index is 14.7. The van der Waals surface area contributed by atoms with Crippen molar-refractivity contribution in [1.29, 1.82) is 0 Å². The van der Waals surface area contributed by atoms with Gasteiger partial charge >= 0.3 is 5.97 Å². The van der Waals surface area contributed by atoms with Crippen LogP contribution < -0.4 is 5.56 Å². The number of aliphatic carboxylic acids is 1. The average molecular weight is 485 g/mol. The lowest BCUT2D eigenvalue weighted by atomic mass is 9.82. The van der Waals surface area contributed by atoms with Crippen LogP contribution in [0.15, 0.2) is 59.4 Å². The minimum absolute atomic E-state index is 0.241. The number of carboxylic acid groups (broad SMARTS) is 1. The Morgan fingerprint density at radius 3 is 2.47 bits per heavy atom. The SMILES string of the molecule is O=C(O)COC[C@H]1CC[C@H](Cn2nc(-c3ccccc3)c(-c3cc(Cl)ccc3F)cc2=O)CC1. The maximum Gasteiger partial charge on any atom is 0.329 e. The highest BCUT2D eigenvalue weighted by Crippen LogP contribution is 2.33.